The van der Waals surface area contributed by atoms with Gasteiger partial charge in [-0.3, -0.25) is 9.99 Å². The number of aromatic nitrogens is 1. The molecular weight excluding hydrogens is 576 g/mol. The first-order valence-electron chi connectivity index (χ1n) is 12.4. The second kappa shape index (κ2) is 12.8. The van der Waals surface area contributed by atoms with Gasteiger partial charge in [-0.1, -0.05) is 24.0 Å². The number of halogens is 6. The molecule has 4 rings (SSSR count). The number of hydrogen-bond acceptors (Lipinski definition) is 6. The average Bonchev–Trinajstić information content (AvgIpc) is 2.97. The van der Waals surface area contributed by atoms with Crippen LogP contribution in [0.5, 0.6) is 5.75 Å². The molecule has 43 heavy (non-hydrogen) atoms. The molecule has 4 aromatic rings. The predicted molar refractivity (Wildman–Crippen MR) is 145 cm³/mol. The van der Waals surface area contributed by atoms with E-state index in [2.05, 4.69) is 21.9 Å². The zero-order valence-corrected chi connectivity index (χ0v) is 22.1. The number of hydrogen-bond donors (Lipinski definition) is 3. The summed E-state index contributed by atoms with van der Waals surface area (Å²) in [5.41, 5.74) is -4.40. The van der Waals surface area contributed by atoms with Crippen LogP contribution in [0.25, 0.3) is 0 Å². The van der Waals surface area contributed by atoms with Gasteiger partial charge >= 0.3 is 5.92 Å². The van der Waals surface area contributed by atoms with Crippen LogP contribution >= 0.6 is 0 Å². The van der Waals surface area contributed by atoms with Crippen LogP contribution in [0.3, 0.4) is 0 Å². The Balaban J connectivity index is 1.52. The molecule has 1 atom stereocenters. The third-order valence-corrected chi connectivity index (χ3v) is 6.24. The van der Waals surface area contributed by atoms with E-state index in [1.807, 2.05) is 0 Å². The second-order valence-corrected chi connectivity index (χ2v) is 9.20. The average molecular weight is 600 g/mol. The van der Waals surface area contributed by atoms with E-state index >= 15 is 8.78 Å². The van der Waals surface area contributed by atoms with Gasteiger partial charge in [-0.15, -0.1) is 0 Å². The molecule has 7 nitrogen and oxygen atoms in total. The van der Waals surface area contributed by atoms with Crippen molar-refractivity contribution in [2.24, 2.45) is 16.8 Å². The summed E-state index contributed by atoms with van der Waals surface area (Å²) in [4.78, 5) is 3.73. The molecule has 0 aliphatic rings. The number of aliphatic hydroxyl groups is 1. The molecule has 5 N–H and O–H groups in total. The largest absolute Gasteiger partial charge is 0.489 e. The number of nitrogens with two attached hydrogens (primary N) is 2. The summed E-state index contributed by atoms with van der Waals surface area (Å²) < 4.78 is 92.3. The first-order valence-corrected chi connectivity index (χ1v) is 12.4. The van der Waals surface area contributed by atoms with Crippen LogP contribution in [0.1, 0.15) is 27.9 Å². The molecule has 0 bridgehead atoms. The molecule has 0 saturated heterocycles. The number of rotatable bonds is 9. The maximum Gasteiger partial charge on any atom is 0.323 e. The Morgan fingerprint density at radius 3 is 2.28 bits per heavy atom. The molecule has 0 fully saturated rings. The third-order valence-electron chi connectivity index (χ3n) is 6.24. The molecular formula is C30H23F6N5O2. The maximum atomic E-state index is 15.8. The Morgan fingerprint density at radius 2 is 1.63 bits per heavy atom. The topological polar surface area (TPSA) is 110 Å². The van der Waals surface area contributed by atoms with Crippen molar-refractivity contribution in [3.05, 3.63) is 130 Å². The fraction of sp³-hybridized carbons (Fsp3) is 0.133. The number of alkyl halides is 2. The summed E-state index contributed by atoms with van der Waals surface area (Å²) in [6.07, 6.45) is 1.77. The first kappa shape index (κ1) is 30.9. The highest BCUT2D eigenvalue weighted by Gasteiger charge is 2.58. The van der Waals surface area contributed by atoms with E-state index in [1.54, 1.807) is 24.3 Å². The lowest BCUT2D eigenvalue weighted by molar-refractivity contribution is -0.203. The minimum absolute atomic E-state index is 0.0522. The van der Waals surface area contributed by atoms with Gasteiger partial charge in [-0.05, 0) is 54.6 Å². The molecule has 0 aliphatic carbocycles. The Bertz CT molecular complexity index is 1670. The Morgan fingerprint density at radius 1 is 0.930 bits per heavy atom. The van der Waals surface area contributed by atoms with Crippen LogP contribution in [0.15, 0.2) is 84.1 Å². The zero-order chi connectivity index (χ0) is 31.2. The van der Waals surface area contributed by atoms with Crippen molar-refractivity contribution in [3.63, 3.8) is 0 Å². The van der Waals surface area contributed by atoms with Crippen LogP contribution < -0.4 is 16.4 Å². The van der Waals surface area contributed by atoms with Crippen LogP contribution in [-0.2, 0) is 18.1 Å². The molecule has 0 amide bonds. The van der Waals surface area contributed by atoms with E-state index in [0.717, 1.165) is 24.7 Å². The van der Waals surface area contributed by atoms with Gasteiger partial charge in [-0.25, -0.2) is 23.4 Å². The van der Waals surface area contributed by atoms with Crippen molar-refractivity contribution < 1.29 is 36.2 Å². The summed E-state index contributed by atoms with van der Waals surface area (Å²) in [7, 11) is 0. The number of nitrogens with zero attached hydrogens (tertiary/aromatic N) is 3. The van der Waals surface area contributed by atoms with Crippen LogP contribution in [-0.4, -0.2) is 28.0 Å². The quantitative estimate of drug-likeness (QED) is 0.0644. The molecule has 0 aliphatic heterocycles. The van der Waals surface area contributed by atoms with E-state index in [4.69, 9.17) is 16.4 Å². The van der Waals surface area contributed by atoms with E-state index in [1.165, 1.54) is 18.2 Å². The predicted octanol–water partition coefficient (Wildman–Crippen LogP) is 4.67. The first-order chi connectivity index (χ1) is 20.4. The maximum absolute atomic E-state index is 15.8. The molecule has 222 valence electrons. The number of benzene rings is 3. The molecule has 0 spiro atoms. The zero-order valence-electron chi connectivity index (χ0n) is 22.1. The van der Waals surface area contributed by atoms with Gasteiger partial charge in [0.25, 0.3) is 0 Å². The molecule has 1 unspecified atom stereocenters. The standard InChI is InChI=1S/C30H23F6N5O2/c31-22-9-12-24(26(33)14-22)29(42,17-41(38)18-40-37)30(35,36)27-13-8-20(15-39-27)5-4-19-6-10-23(11-7-19)43-16-21-2-1-3-25(32)28(21)34/h1-3,6-15,18,42H,16-17,37-38H2/b40-18-. The second-order valence-electron chi connectivity index (χ2n) is 9.20. The summed E-state index contributed by atoms with van der Waals surface area (Å²) in [5, 5.41) is 14.8. The molecule has 13 heteroatoms. The van der Waals surface area contributed by atoms with Gasteiger partial charge in [0.15, 0.2) is 17.2 Å². The van der Waals surface area contributed by atoms with Gasteiger partial charge in [0.05, 0.1) is 6.54 Å². The molecule has 3 aromatic carbocycles. The number of hydrazine groups is 1. The monoisotopic (exact) mass is 599 g/mol. The normalized spacial score (nSPS) is 12.8. The van der Waals surface area contributed by atoms with Gasteiger partial charge in [0.1, 0.15) is 36.0 Å². The Labute approximate surface area is 242 Å². The fourth-order valence-electron chi connectivity index (χ4n) is 4.03. The summed E-state index contributed by atoms with van der Waals surface area (Å²) in [5.74, 6) is 7.84. The van der Waals surface area contributed by atoms with Gasteiger partial charge < -0.3 is 15.7 Å². The lowest BCUT2D eigenvalue weighted by Crippen LogP contribution is -2.53. The van der Waals surface area contributed by atoms with Crippen molar-refractivity contribution in [2.75, 3.05) is 6.54 Å². The van der Waals surface area contributed by atoms with E-state index in [-0.39, 0.29) is 17.7 Å². The van der Waals surface area contributed by atoms with Crippen molar-refractivity contribution in [2.45, 2.75) is 18.1 Å². The third kappa shape index (κ3) is 6.88. The molecule has 0 radical (unpaired) electrons. The summed E-state index contributed by atoms with van der Waals surface area (Å²) in [6.45, 7) is -1.28. The van der Waals surface area contributed by atoms with Crippen molar-refractivity contribution in [1.29, 1.82) is 0 Å². The lowest BCUT2D eigenvalue weighted by Gasteiger charge is -2.37. The molecule has 1 heterocycles. The van der Waals surface area contributed by atoms with Gasteiger partial charge in [0.2, 0.25) is 0 Å². The highest BCUT2D eigenvalue weighted by atomic mass is 19.3. The number of hydrazone groups is 1. The Kier molecular flexibility index (Phi) is 9.23. The molecule has 1 aromatic heterocycles. The highest BCUT2D eigenvalue weighted by molar-refractivity contribution is 5.54. The summed E-state index contributed by atoms with van der Waals surface area (Å²) >= 11 is 0. The van der Waals surface area contributed by atoms with Gasteiger partial charge in [-0.2, -0.15) is 13.9 Å². The molecule has 0 saturated carbocycles. The smallest absolute Gasteiger partial charge is 0.323 e. The van der Waals surface area contributed by atoms with Crippen LogP contribution in [0.2, 0.25) is 0 Å². The van der Waals surface area contributed by atoms with E-state index in [0.29, 0.717) is 34.5 Å². The number of ether oxygens (including phenoxy) is 1. The minimum atomic E-state index is -4.25. The van der Waals surface area contributed by atoms with E-state index < -0.39 is 52.6 Å². The SMILES string of the molecule is N/N=C\N(N)CC(O)(c1ccc(F)cc1F)C(F)(F)c1ccc(C#Cc2ccc(OCc3cccc(F)c3F)cc2)cn1. The fourth-order valence-corrected chi connectivity index (χ4v) is 4.03. The van der Waals surface area contributed by atoms with Crippen LogP contribution in [0, 0.1) is 35.1 Å². The number of pyridine rings is 1. The van der Waals surface area contributed by atoms with Gasteiger partial charge in [0, 0.05) is 34.5 Å². The summed E-state index contributed by atoms with van der Waals surface area (Å²) in [6, 6.07) is 14.0. The Hall–Kier alpha value is -5.06. The van der Waals surface area contributed by atoms with Crippen LogP contribution in [0.4, 0.5) is 26.3 Å². The van der Waals surface area contributed by atoms with Crippen molar-refractivity contribution in [3.8, 4) is 17.6 Å². The lowest BCUT2D eigenvalue weighted by atomic mass is 9.84. The highest BCUT2D eigenvalue weighted by Crippen LogP contribution is 2.46. The van der Waals surface area contributed by atoms with Crippen molar-refractivity contribution >= 4 is 6.34 Å². The van der Waals surface area contributed by atoms with E-state index in [9.17, 15) is 22.7 Å². The van der Waals surface area contributed by atoms with Crippen molar-refractivity contribution in [1.82, 2.24) is 9.99 Å². The minimum Gasteiger partial charge on any atom is -0.489 e.